The Morgan fingerprint density at radius 3 is 2.14 bits per heavy atom. The van der Waals surface area contributed by atoms with E-state index in [0.29, 0.717) is 18.2 Å². The Bertz CT molecular complexity index is 471. The fourth-order valence-electron chi connectivity index (χ4n) is 1.70. The molecule has 0 saturated heterocycles. The van der Waals surface area contributed by atoms with Gasteiger partial charge in [0, 0.05) is 11.6 Å². The van der Waals surface area contributed by atoms with Crippen molar-refractivity contribution in [1.29, 1.82) is 0 Å². The zero-order chi connectivity index (χ0) is 15.7. The van der Waals surface area contributed by atoms with Gasteiger partial charge in [-0.2, -0.15) is 13.2 Å². The van der Waals surface area contributed by atoms with E-state index in [1.54, 1.807) is 0 Å². The highest BCUT2D eigenvalue weighted by atomic mass is 35.5. The molecule has 0 amide bonds. The number of rotatable bonds is 3. The third-order valence-electron chi connectivity index (χ3n) is 3.27. The van der Waals surface area contributed by atoms with E-state index in [2.05, 4.69) is 0 Å². The molecule has 0 bridgehead atoms. The molecule has 0 radical (unpaired) electrons. The van der Waals surface area contributed by atoms with Crippen LogP contribution in [0.3, 0.4) is 0 Å². The molecule has 0 aliphatic heterocycles. The van der Waals surface area contributed by atoms with E-state index in [-0.39, 0.29) is 29.8 Å². The zero-order valence-corrected chi connectivity index (χ0v) is 12.9. The Morgan fingerprint density at radius 2 is 1.71 bits per heavy atom. The quantitative estimate of drug-likeness (QED) is 0.821. The highest BCUT2D eigenvalue weighted by Gasteiger charge is 2.32. The van der Waals surface area contributed by atoms with Gasteiger partial charge in [-0.25, -0.2) is 4.39 Å². The summed E-state index contributed by atoms with van der Waals surface area (Å²) in [5, 5.41) is 9.94. The van der Waals surface area contributed by atoms with Crippen LogP contribution in [-0.2, 0) is 6.18 Å². The molecule has 0 fully saturated rings. The first-order valence-corrected chi connectivity index (χ1v) is 6.23. The fourth-order valence-corrected chi connectivity index (χ4v) is 1.70. The summed E-state index contributed by atoms with van der Waals surface area (Å²) in [6, 6.07) is 1.53. The van der Waals surface area contributed by atoms with Gasteiger partial charge in [0.25, 0.3) is 0 Å². The molecule has 1 aromatic rings. The summed E-state index contributed by atoms with van der Waals surface area (Å²) >= 11 is 0. The average Bonchev–Trinajstić information content (AvgIpc) is 2.26. The number of halogens is 5. The largest absolute Gasteiger partial charge is 0.416 e. The number of benzene rings is 1. The third-order valence-corrected chi connectivity index (χ3v) is 3.27. The summed E-state index contributed by atoms with van der Waals surface area (Å²) in [4.78, 5) is 0. The van der Waals surface area contributed by atoms with Crippen molar-refractivity contribution >= 4 is 12.4 Å². The van der Waals surface area contributed by atoms with Crippen LogP contribution in [0.1, 0.15) is 44.4 Å². The van der Waals surface area contributed by atoms with E-state index >= 15 is 0 Å². The lowest BCUT2D eigenvalue weighted by atomic mass is 9.83. The molecule has 7 heteroatoms. The SMILES string of the molecule is CC(C)(C)[C@@H](N)C[C@@H](O)c1cc(C(F)(F)F)ccc1F.Cl. The molecule has 2 atom stereocenters. The van der Waals surface area contributed by atoms with E-state index in [4.69, 9.17) is 5.73 Å². The zero-order valence-electron chi connectivity index (χ0n) is 12.0. The fraction of sp³-hybridized carbons (Fsp3) is 0.571. The summed E-state index contributed by atoms with van der Waals surface area (Å²) in [6.07, 6.45) is -5.96. The molecule has 2 nitrogen and oxygen atoms in total. The topological polar surface area (TPSA) is 46.2 Å². The maximum Gasteiger partial charge on any atom is 0.416 e. The lowest BCUT2D eigenvalue weighted by molar-refractivity contribution is -0.137. The van der Waals surface area contributed by atoms with Gasteiger partial charge in [-0.3, -0.25) is 0 Å². The van der Waals surface area contributed by atoms with Crippen molar-refractivity contribution in [1.82, 2.24) is 0 Å². The second-order valence-electron chi connectivity index (χ2n) is 5.96. The van der Waals surface area contributed by atoms with Gasteiger partial charge in [0.2, 0.25) is 0 Å². The first kappa shape index (κ1) is 20.1. The van der Waals surface area contributed by atoms with Crippen molar-refractivity contribution in [3.63, 3.8) is 0 Å². The van der Waals surface area contributed by atoms with Crippen molar-refractivity contribution in [2.24, 2.45) is 11.1 Å². The highest BCUT2D eigenvalue weighted by molar-refractivity contribution is 5.85. The molecule has 122 valence electrons. The average molecular weight is 330 g/mol. The van der Waals surface area contributed by atoms with Crippen LogP contribution in [-0.4, -0.2) is 11.1 Å². The molecule has 0 aliphatic carbocycles. The van der Waals surface area contributed by atoms with Crippen LogP contribution in [0.4, 0.5) is 17.6 Å². The molecular weight excluding hydrogens is 310 g/mol. The van der Waals surface area contributed by atoms with E-state index in [0.717, 1.165) is 0 Å². The third kappa shape index (κ3) is 5.45. The maximum atomic E-state index is 13.6. The number of hydrogen-bond acceptors (Lipinski definition) is 2. The van der Waals surface area contributed by atoms with Gasteiger partial charge in [0.15, 0.2) is 0 Å². The Hall–Kier alpha value is -0.850. The molecule has 3 N–H and O–H groups in total. The highest BCUT2D eigenvalue weighted by Crippen LogP contribution is 2.33. The van der Waals surface area contributed by atoms with E-state index in [1.165, 1.54) is 0 Å². The monoisotopic (exact) mass is 329 g/mol. The predicted molar refractivity (Wildman–Crippen MR) is 75.7 cm³/mol. The summed E-state index contributed by atoms with van der Waals surface area (Å²) < 4.78 is 51.3. The molecular formula is C14H20ClF4NO. The Kier molecular flexibility index (Phi) is 6.66. The van der Waals surface area contributed by atoms with Gasteiger partial charge in [-0.1, -0.05) is 20.8 Å². The van der Waals surface area contributed by atoms with Crippen LogP contribution in [0.2, 0.25) is 0 Å². The molecule has 1 rings (SSSR count). The van der Waals surface area contributed by atoms with Crippen molar-refractivity contribution in [2.75, 3.05) is 0 Å². The standard InChI is InChI=1S/C14H19F4NO.ClH/c1-13(2,3)12(19)7-11(20)9-6-8(14(16,17)18)4-5-10(9)15;/h4-6,11-12,20H,7,19H2,1-3H3;1H/t11-,12+;/m1./s1. The van der Waals surface area contributed by atoms with Crippen LogP contribution in [0.5, 0.6) is 0 Å². The molecule has 0 heterocycles. The second kappa shape index (κ2) is 6.94. The van der Waals surface area contributed by atoms with Gasteiger partial charge in [0.05, 0.1) is 11.7 Å². The lowest BCUT2D eigenvalue weighted by Gasteiger charge is -2.29. The van der Waals surface area contributed by atoms with E-state index in [9.17, 15) is 22.7 Å². The lowest BCUT2D eigenvalue weighted by Crippen LogP contribution is -2.36. The van der Waals surface area contributed by atoms with Gasteiger partial charge in [0.1, 0.15) is 5.82 Å². The first-order valence-electron chi connectivity index (χ1n) is 6.23. The molecule has 0 spiro atoms. The van der Waals surface area contributed by atoms with E-state index in [1.807, 2.05) is 20.8 Å². The van der Waals surface area contributed by atoms with Crippen LogP contribution in [0.25, 0.3) is 0 Å². The van der Waals surface area contributed by atoms with Crippen molar-refractivity contribution in [3.05, 3.63) is 35.1 Å². The van der Waals surface area contributed by atoms with Crippen LogP contribution >= 0.6 is 12.4 Å². The minimum atomic E-state index is -4.58. The first-order chi connectivity index (χ1) is 8.93. The van der Waals surface area contributed by atoms with Crippen LogP contribution < -0.4 is 5.73 Å². The molecule has 0 aliphatic rings. The summed E-state index contributed by atoms with van der Waals surface area (Å²) in [5.74, 6) is -0.869. The number of alkyl halides is 3. The van der Waals surface area contributed by atoms with Gasteiger partial charge >= 0.3 is 6.18 Å². The minimum absolute atomic E-state index is 0. The molecule has 0 saturated carbocycles. The summed E-state index contributed by atoms with van der Waals surface area (Å²) in [7, 11) is 0. The molecule has 1 aromatic carbocycles. The molecule has 0 unspecified atom stereocenters. The Morgan fingerprint density at radius 1 is 1.19 bits per heavy atom. The van der Waals surface area contributed by atoms with Crippen LogP contribution in [0, 0.1) is 11.2 Å². The number of aliphatic hydroxyl groups is 1. The summed E-state index contributed by atoms with van der Waals surface area (Å²) in [5.41, 5.74) is 4.16. The Labute approximate surface area is 127 Å². The van der Waals surface area contributed by atoms with Crippen molar-refractivity contribution in [2.45, 2.75) is 45.5 Å². The summed E-state index contributed by atoms with van der Waals surface area (Å²) in [6.45, 7) is 5.52. The molecule has 0 aromatic heterocycles. The minimum Gasteiger partial charge on any atom is -0.388 e. The van der Waals surface area contributed by atoms with E-state index < -0.39 is 29.7 Å². The normalized spacial score (nSPS) is 15.3. The van der Waals surface area contributed by atoms with Crippen LogP contribution in [0.15, 0.2) is 18.2 Å². The smallest absolute Gasteiger partial charge is 0.388 e. The van der Waals surface area contributed by atoms with Crippen molar-refractivity contribution in [3.8, 4) is 0 Å². The van der Waals surface area contributed by atoms with Gasteiger partial charge in [-0.15, -0.1) is 12.4 Å². The predicted octanol–water partition coefficient (Wildman–Crippen LogP) is 4.06. The van der Waals surface area contributed by atoms with Gasteiger partial charge in [-0.05, 0) is 30.0 Å². The van der Waals surface area contributed by atoms with Crippen molar-refractivity contribution < 1.29 is 22.7 Å². The number of hydrogen-bond donors (Lipinski definition) is 2. The number of aliphatic hydroxyl groups excluding tert-OH is 1. The molecule has 21 heavy (non-hydrogen) atoms. The Balaban J connectivity index is 0.00000400. The number of nitrogens with two attached hydrogens (primary N) is 1. The van der Waals surface area contributed by atoms with Gasteiger partial charge < -0.3 is 10.8 Å². The maximum absolute atomic E-state index is 13.6. The second-order valence-corrected chi connectivity index (χ2v) is 5.96.